The molecule has 0 bridgehead atoms. The quantitative estimate of drug-likeness (QED) is 0.652. The van der Waals surface area contributed by atoms with Crippen molar-refractivity contribution in [2.45, 2.75) is 32.7 Å². The van der Waals surface area contributed by atoms with Crippen molar-refractivity contribution in [1.29, 1.82) is 0 Å². The highest BCUT2D eigenvalue weighted by atomic mass is 16.6. The summed E-state index contributed by atoms with van der Waals surface area (Å²) in [5.74, 6) is 1.32. The van der Waals surface area contributed by atoms with Crippen molar-refractivity contribution in [2.75, 3.05) is 13.2 Å². The topological polar surface area (TPSA) is 76.2 Å². The van der Waals surface area contributed by atoms with E-state index in [9.17, 15) is 4.79 Å². The Labute approximate surface area is 170 Å². The Bertz CT molecular complexity index is 998. The highest BCUT2D eigenvalue weighted by molar-refractivity contribution is 5.95. The maximum absolute atomic E-state index is 13.0. The van der Waals surface area contributed by atoms with Crippen LogP contribution in [0.15, 0.2) is 48.5 Å². The van der Waals surface area contributed by atoms with Crippen LogP contribution in [-0.4, -0.2) is 29.3 Å². The first kappa shape index (κ1) is 19.1. The number of nitrogens with zero attached hydrogens (tertiary/aromatic N) is 1. The standard InChI is InChI=1S/C23H25N3O3/c1-3-7-18(17-10-11-19-20(14-17)29-13-12-28-19)24-23(27)22-15(2)21(25-26-22)16-8-5-4-6-9-16/h4-6,8-11,14,18H,3,7,12-13H2,1-2H3,(H,24,27)(H,25,26)/t18-/m1/s1. The number of hydrogen-bond acceptors (Lipinski definition) is 4. The second-order valence-corrected chi connectivity index (χ2v) is 7.16. The van der Waals surface area contributed by atoms with Crippen LogP contribution in [0.5, 0.6) is 11.5 Å². The number of fused-ring (bicyclic) bond motifs is 1. The van der Waals surface area contributed by atoms with Gasteiger partial charge in [-0.15, -0.1) is 0 Å². The molecule has 0 saturated carbocycles. The summed E-state index contributed by atoms with van der Waals surface area (Å²) >= 11 is 0. The van der Waals surface area contributed by atoms with Crippen molar-refractivity contribution in [3.63, 3.8) is 0 Å². The van der Waals surface area contributed by atoms with Gasteiger partial charge >= 0.3 is 0 Å². The fourth-order valence-electron chi connectivity index (χ4n) is 3.61. The molecule has 29 heavy (non-hydrogen) atoms. The molecule has 1 aromatic heterocycles. The van der Waals surface area contributed by atoms with E-state index in [1.165, 1.54) is 0 Å². The van der Waals surface area contributed by atoms with E-state index in [1.54, 1.807) is 0 Å². The zero-order chi connectivity index (χ0) is 20.2. The maximum atomic E-state index is 13.0. The maximum Gasteiger partial charge on any atom is 0.270 e. The molecule has 2 aromatic carbocycles. The van der Waals surface area contributed by atoms with Crippen LogP contribution in [0.1, 0.15) is 47.4 Å². The summed E-state index contributed by atoms with van der Waals surface area (Å²) in [6, 6.07) is 15.6. The molecule has 0 aliphatic carbocycles. The van der Waals surface area contributed by atoms with E-state index in [0.29, 0.717) is 18.9 Å². The molecule has 150 valence electrons. The molecule has 1 aliphatic heterocycles. The average molecular weight is 391 g/mol. The summed E-state index contributed by atoms with van der Waals surface area (Å²) in [5, 5.41) is 10.4. The van der Waals surface area contributed by atoms with Gasteiger partial charge in [-0.3, -0.25) is 9.89 Å². The van der Waals surface area contributed by atoms with Gasteiger partial charge in [0.25, 0.3) is 5.91 Å². The van der Waals surface area contributed by atoms with Gasteiger partial charge in [0.1, 0.15) is 18.9 Å². The second-order valence-electron chi connectivity index (χ2n) is 7.16. The van der Waals surface area contributed by atoms with Gasteiger partial charge in [0.15, 0.2) is 11.5 Å². The summed E-state index contributed by atoms with van der Waals surface area (Å²) in [6.07, 6.45) is 1.76. The van der Waals surface area contributed by atoms with E-state index in [-0.39, 0.29) is 11.9 Å². The van der Waals surface area contributed by atoms with Crippen molar-refractivity contribution < 1.29 is 14.3 Å². The highest BCUT2D eigenvalue weighted by Crippen LogP contribution is 2.34. The molecule has 0 saturated heterocycles. The monoisotopic (exact) mass is 391 g/mol. The van der Waals surface area contributed by atoms with Crippen LogP contribution in [0.25, 0.3) is 11.3 Å². The normalized spacial score (nSPS) is 13.7. The second kappa shape index (κ2) is 8.39. The molecule has 2 N–H and O–H groups in total. The Morgan fingerprint density at radius 3 is 2.66 bits per heavy atom. The van der Waals surface area contributed by atoms with Gasteiger partial charge < -0.3 is 14.8 Å². The van der Waals surface area contributed by atoms with Crippen molar-refractivity contribution in [3.8, 4) is 22.8 Å². The van der Waals surface area contributed by atoms with Crippen molar-refractivity contribution in [3.05, 3.63) is 65.4 Å². The zero-order valence-electron chi connectivity index (χ0n) is 16.7. The van der Waals surface area contributed by atoms with Crippen LogP contribution >= 0.6 is 0 Å². The molecule has 1 amide bonds. The van der Waals surface area contributed by atoms with Gasteiger partial charge in [-0.2, -0.15) is 5.10 Å². The first-order chi connectivity index (χ1) is 14.2. The SMILES string of the molecule is CCC[C@@H](NC(=O)c1[nH]nc(-c2ccccc2)c1C)c1ccc2c(c1)OCCO2. The number of aromatic amines is 1. The molecule has 6 heteroatoms. The molecule has 0 fully saturated rings. The van der Waals surface area contributed by atoms with Crippen molar-refractivity contribution in [2.24, 2.45) is 0 Å². The smallest absolute Gasteiger partial charge is 0.270 e. The fourth-order valence-corrected chi connectivity index (χ4v) is 3.61. The minimum absolute atomic E-state index is 0.119. The lowest BCUT2D eigenvalue weighted by Crippen LogP contribution is -2.29. The summed E-state index contributed by atoms with van der Waals surface area (Å²) in [7, 11) is 0. The lowest BCUT2D eigenvalue weighted by Gasteiger charge is -2.23. The molecule has 4 rings (SSSR count). The van der Waals surface area contributed by atoms with Gasteiger partial charge in [0.05, 0.1) is 11.7 Å². The zero-order valence-corrected chi connectivity index (χ0v) is 16.7. The minimum atomic E-state index is -0.162. The number of amides is 1. The number of rotatable bonds is 6. The Morgan fingerprint density at radius 2 is 1.90 bits per heavy atom. The van der Waals surface area contributed by atoms with E-state index >= 15 is 0 Å². The van der Waals surface area contributed by atoms with Gasteiger partial charge in [-0.1, -0.05) is 49.7 Å². The molecule has 0 radical (unpaired) electrons. The highest BCUT2D eigenvalue weighted by Gasteiger charge is 2.22. The van der Waals surface area contributed by atoms with E-state index in [4.69, 9.17) is 9.47 Å². The summed E-state index contributed by atoms with van der Waals surface area (Å²) in [6.45, 7) is 5.12. The number of carbonyl (C=O) groups is 1. The van der Waals surface area contributed by atoms with Crippen LogP contribution in [-0.2, 0) is 0 Å². The van der Waals surface area contributed by atoms with E-state index < -0.39 is 0 Å². The lowest BCUT2D eigenvalue weighted by atomic mass is 10.0. The van der Waals surface area contributed by atoms with Crippen LogP contribution < -0.4 is 14.8 Å². The molecule has 2 heterocycles. The van der Waals surface area contributed by atoms with Gasteiger partial charge in [-0.05, 0) is 31.0 Å². The molecule has 0 spiro atoms. The van der Waals surface area contributed by atoms with E-state index in [0.717, 1.165) is 46.7 Å². The Morgan fingerprint density at radius 1 is 1.14 bits per heavy atom. The van der Waals surface area contributed by atoms with Crippen LogP contribution in [0, 0.1) is 6.92 Å². The predicted octanol–water partition coefficient (Wildman–Crippen LogP) is 4.43. The molecule has 0 unspecified atom stereocenters. The summed E-state index contributed by atoms with van der Waals surface area (Å²) in [4.78, 5) is 13.0. The summed E-state index contributed by atoms with van der Waals surface area (Å²) in [5.41, 5.74) is 4.11. The number of carbonyl (C=O) groups excluding carboxylic acids is 1. The predicted molar refractivity (Wildman–Crippen MR) is 111 cm³/mol. The molecule has 6 nitrogen and oxygen atoms in total. The minimum Gasteiger partial charge on any atom is -0.486 e. The molecule has 3 aromatic rings. The van der Waals surface area contributed by atoms with Crippen LogP contribution in [0.2, 0.25) is 0 Å². The first-order valence-electron chi connectivity index (χ1n) is 9.98. The Balaban J connectivity index is 1.56. The van der Waals surface area contributed by atoms with Gasteiger partial charge in [-0.25, -0.2) is 0 Å². The van der Waals surface area contributed by atoms with Crippen LogP contribution in [0.3, 0.4) is 0 Å². The van der Waals surface area contributed by atoms with E-state index in [1.807, 2.05) is 55.5 Å². The van der Waals surface area contributed by atoms with Gasteiger partial charge in [0, 0.05) is 11.1 Å². The molecule has 1 aliphatic rings. The molecule has 1 atom stereocenters. The molecular weight excluding hydrogens is 366 g/mol. The van der Waals surface area contributed by atoms with Crippen molar-refractivity contribution >= 4 is 5.91 Å². The third-order valence-electron chi connectivity index (χ3n) is 5.14. The third kappa shape index (κ3) is 3.97. The number of hydrogen-bond donors (Lipinski definition) is 2. The number of ether oxygens (including phenoxy) is 2. The fraction of sp³-hybridized carbons (Fsp3) is 0.304. The third-order valence-corrected chi connectivity index (χ3v) is 5.14. The lowest BCUT2D eigenvalue weighted by molar-refractivity contribution is 0.0928. The Kier molecular flexibility index (Phi) is 5.51. The van der Waals surface area contributed by atoms with Crippen LogP contribution in [0.4, 0.5) is 0 Å². The van der Waals surface area contributed by atoms with Crippen molar-refractivity contribution in [1.82, 2.24) is 15.5 Å². The number of benzene rings is 2. The van der Waals surface area contributed by atoms with Gasteiger partial charge in [0.2, 0.25) is 0 Å². The largest absolute Gasteiger partial charge is 0.486 e. The number of aromatic nitrogens is 2. The number of nitrogens with one attached hydrogen (secondary N) is 2. The summed E-state index contributed by atoms with van der Waals surface area (Å²) < 4.78 is 11.3. The first-order valence-corrected chi connectivity index (χ1v) is 9.98. The average Bonchev–Trinajstić information content (AvgIpc) is 3.15. The van der Waals surface area contributed by atoms with E-state index in [2.05, 4.69) is 22.4 Å². The Hall–Kier alpha value is -3.28. The number of H-pyrrole nitrogens is 1. The molecular formula is C23H25N3O3.